The molecule has 0 spiro atoms. The zero-order valence-electron chi connectivity index (χ0n) is 18.8. The van der Waals surface area contributed by atoms with Gasteiger partial charge in [-0.15, -0.1) is 0 Å². The van der Waals surface area contributed by atoms with Gasteiger partial charge in [0.05, 0.1) is 16.9 Å². The third kappa shape index (κ3) is 4.66. The van der Waals surface area contributed by atoms with Crippen LogP contribution in [0.25, 0.3) is 22.6 Å². The van der Waals surface area contributed by atoms with Gasteiger partial charge in [0.25, 0.3) is 5.91 Å². The first kappa shape index (κ1) is 22.4. The number of hydrogen-bond donors (Lipinski definition) is 3. The van der Waals surface area contributed by atoms with Gasteiger partial charge in [-0.2, -0.15) is 0 Å². The quantitative estimate of drug-likeness (QED) is 0.502. The number of imidazole rings is 1. The lowest BCUT2D eigenvalue weighted by molar-refractivity contribution is -0.122. The standard InChI is InChI=1S/C23H29ClN6O2/c1-13(2)30-8-7-16(11-30)27-20-17(24)10-26-23-21(20)28-22(29-23)15-5-6-18(14(3)9-15)32-12-19(31)25-4/h5-6,9-10,13,16H,7-8,11-12H2,1-4H3,(H,25,31)(H2,26,27,28,29)/t16-/m0/s1. The van der Waals surface area contributed by atoms with Crippen molar-refractivity contribution in [2.45, 2.75) is 39.3 Å². The number of carbonyl (C=O) groups is 1. The molecule has 32 heavy (non-hydrogen) atoms. The number of likely N-dealkylation sites (N-methyl/N-ethyl adjacent to an activating group) is 1. The number of fused-ring (bicyclic) bond motifs is 1. The van der Waals surface area contributed by atoms with Gasteiger partial charge in [0, 0.05) is 37.8 Å². The van der Waals surface area contributed by atoms with Crippen molar-refractivity contribution >= 4 is 34.4 Å². The van der Waals surface area contributed by atoms with Crippen LogP contribution in [-0.4, -0.2) is 64.6 Å². The van der Waals surface area contributed by atoms with E-state index in [0.29, 0.717) is 34.3 Å². The van der Waals surface area contributed by atoms with E-state index in [1.807, 2.05) is 25.1 Å². The van der Waals surface area contributed by atoms with Crippen LogP contribution in [0.5, 0.6) is 5.75 Å². The Morgan fingerprint density at radius 1 is 1.41 bits per heavy atom. The number of hydrogen-bond acceptors (Lipinski definition) is 6. The van der Waals surface area contributed by atoms with Crippen molar-refractivity contribution in [3.05, 3.63) is 35.0 Å². The van der Waals surface area contributed by atoms with Crippen LogP contribution in [0.3, 0.4) is 0 Å². The molecule has 1 aliphatic rings. The van der Waals surface area contributed by atoms with Gasteiger partial charge in [-0.3, -0.25) is 9.69 Å². The lowest BCUT2D eigenvalue weighted by atomic mass is 10.1. The van der Waals surface area contributed by atoms with Crippen molar-refractivity contribution < 1.29 is 9.53 Å². The van der Waals surface area contributed by atoms with E-state index in [-0.39, 0.29) is 12.5 Å². The fourth-order valence-corrected chi connectivity index (χ4v) is 4.16. The zero-order valence-corrected chi connectivity index (χ0v) is 19.6. The van der Waals surface area contributed by atoms with Gasteiger partial charge in [-0.25, -0.2) is 9.97 Å². The molecule has 1 aliphatic heterocycles. The summed E-state index contributed by atoms with van der Waals surface area (Å²) in [6.45, 7) is 8.41. The fourth-order valence-electron chi connectivity index (χ4n) is 3.96. The number of nitrogens with zero attached hydrogens (tertiary/aromatic N) is 3. The van der Waals surface area contributed by atoms with E-state index in [9.17, 15) is 4.79 Å². The molecule has 4 rings (SSSR count). The number of ether oxygens (including phenoxy) is 1. The molecule has 1 amide bonds. The molecule has 0 saturated carbocycles. The maximum atomic E-state index is 11.4. The van der Waals surface area contributed by atoms with Crippen molar-refractivity contribution in [2.75, 3.05) is 32.1 Å². The topological polar surface area (TPSA) is 95.2 Å². The summed E-state index contributed by atoms with van der Waals surface area (Å²) in [5, 5.41) is 6.73. The molecule has 3 heterocycles. The van der Waals surface area contributed by atoms with Crippen LogP contribution in [0.1, 0.15) is 25.8 Å². The van der Waals surface area contributed by atoms with Gasteiger partial charge in [-0.1, -0.05) is 11.6 Å². The molecule has 0 bridgehead atoms. The van der Waals surface area contributed by atoms with Crippen molar-refractivity contribution in [2.24, 2.45) is 0 Å². The molecule has 3 aromatic rings. The maximum absolute atomic E-state index is 11.4. The summed E-state index contributed by atoms with van der Waals surface area (Å²) >= 11 is 6.52. The summed E-state index contributed by atoms with van der Waals surface area (Å²) in [7, 11) is 1.58. The number of H-pyrrole nitrogens is 1. The van der Waals surface area contributed by atoms with E-state index in [2.05, 4.69) is 44.3 Å². The Hall–Kier alpha value is -2.84. The number of halogens is 1. The normalized spacial score (nSPS) is 16.6. The molecule has 0 radical (unpaired) electrons. The molecule has 0 unspecified atom stereocenters. The number of pyridine rings is 1. The van der Waals surface area contributed by atoms with Gasteiger partial charge in [0.15, 0.2) is 12.3 Å². The number of nitrogens with one attached hydrogen (secondary N) is 3. The van der Waals surface area contributed by atoms with Crippen LogP contribution in [0.15, 0.2) is 24.4 Å². The summed E-state index contributed by atoms with van der Waals surface area (Å²) < 4.78 is 5.59. The number of anilines is 1. The highest BCUT2D eigenvalue weighted by Gasteiger charge is 2.25. The van der Waals surface area contributed by atoms with Crippen molar-refractivity contribution in [3.8, 4) is 17.1 Å². The number of aromatic nitrogens is 3. The van der Waals surface area contributed by atoms with Crippen LogP contribution >= 0.6 is 11.6 Å². The number of aromatic amines is 1. The monoisotopic (exact) mass is 456 g/mol. The molecule has 1 atom stereocenters. The summed E-state index contributed by atoms with van der Waals surface area (Å²) in [5.74, 6) is 1.19. The highest BCUT2D eigenvalue weighted by atomic mass is 35.5. The number of amides is 1. The largest absolute Gasteiger partial charge is 0.484 e. The highest BCUT2D eigenvalue weighted by Crippen LogP contribution is 2.33. The van der Waals surface area contributed by atoms with E-state index in [1.54, 1.807) is 13.2 Å². The van der Waals surface area contributed by atoms with E-state index >= 15 is 0 Å². The third-order valence-corrected chi connectivity index (χ3v) is 6.14. The minimum atomic E-state index is -0.174. The molecular weight excluding hydrogens is 428 g/mol. The van der Waals surface area contributed by atoms with E-state index < -0.39 is 0 Å². The Morgan fingerprint density at radius 2 is 2.22 bits per heavy atom. The average molecular weight is 457 g/mol. The minimum Gasteiger partial charge on any atom is -0.484 e. The van der Waals surface area contributed by atoms with Gasteiger partial charge in [-0.05, 0) is 51.0 Å². The van der Waals surface area contributed by atoms with Gasteiger partial charge in [0.2, 0.25) is 0 Å². The Labute approximate surface area is 192 Å². The second-order valence-electron chi connectivity index (χ2n) is 8.43. The van der Waals surface area contributed by atoms with Crippen LogP contribution < -0.4 is 15.4 Å². The predicted molar refractivity (Wildman–Crippen MR) is 127 cm³/mol. The van der Waals surface area contributed by atoms with Gasteiger partial charge in [0.1, 0.15) is 17.1 Å². The summed E-state index contributed by atoms with van der Waals surface area (Å²) in [4.78, 5) is 26.4. The fraction of sp³-hybridized carbons (Fsp3) is 0.435. The third-order valence-electron chi connectivity index (χ3n) is 5.86. The number of benzene rings is 1. The number of aryl methyl sites for hydroxylation is 1. The predicted octanol–water partition coefficient (Wildman–Crippen LogP) is 3.61. The van der Waals surface area contributed by atoms with Crippen molar-refractivity contribution in [3.63, 3.8) is 0 Å². The maximum Gasteiger partial charge on any atom is 0.257 e. The van der Waals surface area contributed by atoms with Crippen LogP contribution in [0.2, 0.25) is 5.02 Å². The molecule has 8 nitrogen and oxygen atoms in total. The summed E-state index contributed by atoms with van der Waals surface area (Å²) in [6, 6.07) is 6.59. The Morgan fingerprint density at radius 3 is 2.91 bits per heavy atom. The second kappa shape index (κ2) is 9.34. The molecule has 3 N–H and O–H groups in total. The van der Waals surface area contributed by atoms with Crippen LogP contribution in [0, 0.1) is 6.92 Å². The lowest BCUT2D eigenvalue weighted by Crippen LogP contribution is -2.31. The first-order valence-corrected chi connectivity index (χ1v) is 11.2. The molecule has 1 saturated heterocycles. The van der Waals surface area contributed by atoms with Crippen molar-refractivity contribution in [1.29, 1.82) is 0 Å². The minimum absolute atomic E-state index is 0.0197. The van der Waals surface area contributed by atoms with Crippen LogP contribution in [-0.2, 0) is 4.79 Å². The number of carbonyl (C=O) groups excluding carboxylic acids is 1. The summed E-state index contributed by atoms with van der Waals surface area (Å²) in [6.07, 6.45) is 2.71. The molecule has 2 aromatic heterocycles. The molecule has 9 heteroatoms. The molecule has 1 fully saturated rings. The number of rotatable bonds is 7. The smallest absolute Gasteiger partial charge is 0.257 e. The molecular formula is C23H29ClN6O2. The first-order chi connectivity index (χ1) is 15.4. The van der Waals surface area contributed by atoms with E-state index in [0.717, 1.165) is 41.8 Å². The number of likely N-dealkylation sites (tertiary alicyclic amines) is 1. The molecule has 170 valence electrons. The van der Waals surface area contributed by atoms with Gasteiger partial charge >= 0.3 is 0 Å². The zero-order chi connectivity index (χ0) is 22.8. The second-order valence-corrected chi connectivity index (χ2v) is 8.83. The molecule has 1 aromatic carbocycles. The Kier molecular flexibility index (Phi) is 6.53. The van der Waals surface area contributed by atoms with Gasteiger partial charge < -0.3 is 20.4 Å². The van der Waals surface area contributed by atoms with E-state index in [4.69, 9.17) is 16.3 Å². The first-order valence-electron chi connectivity index (χ1n) is 10.8. The summed E-state index contributed by atoms with van der Waals surface area (Å²) in [5.41, 5.74) is 4.07. The highest BCUT2D eigenvalue weighted by molar-refractivity contribution is 6.34. The van der Waals surface area contributed by atoms with Crippen LogP contribution in [0.4, 0.5) is 5.69 Å². The molecule has 0 aliphatic carbocycles. The van der Waals surface area contributed by atoms with Crippen molar-refractivity contribution in [1.82, 2.24) is 25.2 Å². The lowest BCUT2D eigenvalue weighted by Gasteiger charge is -2.21. The van der Waals surface area contributed by atoms with E-state index in [1.165, 1.54) is 0 Å². The Bertz CT molecular complexity index is 1130. The average Bonchev–Trinajstić information content (AvgIpc) is 3.42. The Balaban J connectivity index is 1.58. The SMILES string of the molecule is CNC(=O)COc1ccc(-c2nc3ncc(Cl)c(N[C@H]4CCN(C(C)C)C4)c3[nH]2)cc1C.